The van der Waals surface area contributed by atoms with Crippen LogP contribution in [0.15, 0.2) is 30.5 Å². The maximum Gasteiger partial charge on any atom is 0.224 e. The molecule has 0 fully saturated rings. The number of hydrogen-bond acceptors (Lipinski definition) is 3. The summed E-state index contributed by atoms with van der Waals surface area (Å²) >= 11 is 11.5. The lowest BCUT2D eigenvalue weighted by atomic mass is 10.2. The van der Waals surface area contributed by atoms with Crippen molar-refractivity contribution in [3.63, 3.8) is 0 Å². The van der Waals surface area contributed by atoms with E-state index in [1.54, 1.807) is 24.1 Å². The summed E-state index contributed by atoms with van der Waals surface area (Å²) in [4.78, 5) is 9.10. The Bertz CT molecular complexity index is 546. The Hall–Kier alpha value is -1.39. The fraction of sp³-hybridized carbons (Fsp3) is 0.167. The van der Waals surface area contributed by atoms with Crippen LogP contribution in [0, 0.1) is 5.82 Å². The van der Waals surface area contributed by atoms with Crippen molar-refractivity contribution in [3.8, 4) is 0 Å². The maximum atomic E-state index is 13.5. The highest BCUT2D eigenvalue weighted by molar-refractivity contribution is 6.30. The van der Waals surface area contributed by atoms with Gasteiger partial charge in [-0.2, -0.15) is 4.98 Å². The Morgan fingerprint density at radius 1 is 1.22 bits per heavy atom. The fourth-order valence-electron chi connectivity index (χ4n) is 1.54. The molecule has 0 aliphatic carbocycles. The first kappa shape index (κ1) is 13.1. The smallest absolute Gasteiger partial charge is 0.224 e. The third-order valence-corrected chi connectivity index (χ3v) is 2.82. The number of nitrogens with zero attached hydrogens (tertiary/aromatic N) is 3. The van der Waals surface area contributed by atoms with Crippen LogP contribution in [-0.4, -0.2) is 17.0 Å². The molecule has 0 saturated carbocycles. The zero-order valence-corrected chi connectivity index (χ0v) is 11.1. The lowest BCUT2D eigenvalue weighted by Crippen LogP contribution is -2.19. The van der Waals surface area contributed by atoms with Gasteiger partial charge in [0.2, 0.25) is 5.28 Å². The summed E-state index contributed by atoms with van der Waals surface area (Å²) in [5, 5.41) is 0.687. The molecule has 94 valence electrons. The van der Waals surface area contributed by atoms with Gasteiger partial charge in [0.25, 0.3) is 0 Å². The molecule has 1 aromatic heterocycles. The highest BCUT2D eigenvalue weighted by Gasteiger charge is 2.11. The average Bonchev–Trinajstić information content (AvgIpc) is 2.35. The maximum absolute atomic E-state index is 13.5. The summed E-state index contributed by atoms with van der Waals surface area (Å²) in [7, 11) is 1.73. The molecule has 0 atom stereocenters. The van der Waals surface area contributed by atoms with Crippen molar-refractivity contribution < 1.29 is 4.39 Å². The van der Waals surface area contributed by atoms with Crippen LogP contribution in [0.3, 0.4) is 0 Å². The molecule has 0 N–H and O–H groups in total. The van der Waals surface area contributed by atoms with Gasteiger partial charge in [-0.05, 0) is 29.3 Å². The summed E-state index contributed by atoms with van der Waals surface area (Å²) in [6.45, 7) is 0.501. The number of anilines is 1. The van der Waals surface area contributed by atoms with Crippen molar-refractivity contribution >= 4 is 29.0 Å². The molecule has 0 spiro atoms. The second-order valence-corrected chi connectivity index (χ2v) is 4.57. The van der Waals surface area contributed by atoms with Crippen LogP contribution >= 0.6 is 23.2 Å². The Labute approximate surface area is 114 Å². The van der Waals surface area contributed by atoms with E-state index in [-0.39, 0.29) is 11.1 Å². The van der Waals surface area contributed by atoms with E-state index in [1.165, 1.54) is 0 Å². The third kappa shape index (κ3) is 3.09. The van der Waals surface area contributed by atoms with E-state index >= 15 is 0 Å². The number of halogens is 3. The quantitative estimate of drug-likeness (QED) is 0.808. The largest absolute Gasteiger partial charge is 0.353 e. The van der Waals surface area contributed by atoms with Crippen molar-refractivity contribution in [2.75, 3.05) is 11.9 Å². The molecule has 0 amide bonds. The summed E-state index contributed by atoms with van der Waals surface area (Å²) in [5.74, 6) is -0.333. The first-order chi connectivity index (χ1) is 8.56. The van der Waals surface area contributed by atoms with Crippen LogP contribution < -0.4 is 4.90 Å². The van der Waals surface area contributed by atoms with Crippen molar-refractivity contribution in [1.82, 2.24) is 9.97 Å². The monoisotopic (exact) mass is 285 g/mol. The van der Waals surface area contributed by atoms with E-state index in [4.69, 9.17) is 23.2 Å². The average molecular weight is 286 g/mol. The Morgan fingerprint density at radius 3 is 2.56 bits per heavy atom. The number of hydrogen-bond donors (Lipinski definition) is 0. The fourth-order valence-corrected chi connectivity index (χ4v) is 1.80. The molecule has 2 aromatic rings. The Morgan fingerprint density at radius 2 is 1.89 bits per heavy atom. The molecule has 1 heterocycles. The van der Waals surface area contributed by atoms with Crippen LogP contribution in [0.1, 0.15) is 5.56 Å². The van der Waals surface area contributed by atoms with Gasteiger partial charge in [0, 0.05) is 18.6 Å². The standard InChI is InChI=1S/C12H10Cl2FN3/c1-18(7-8-2-4-9(13)5-3-8)11-10(15)6-16-12(14)17-11/h2-6H,7H2,1H3. The van der Waals surface area contributed by atoms with Crippen molar-refractivity contribution in [1.29, 1.82) is 0 Å². The van der Waals surface area contributed by atoms with Crippen molar-refractivity contribution in [2.24, 2.45) is 0 Å². The summed E-state index contributed by atoms with van der Waals surface area (Å²) < 4.78 is 13.5. The van der Waals surface area contributed by atoms with Crippen molar-refractivity contribution in [2.45, 2.75) is 6.54 Å². The second-order valence-electron chi connectivity index (χ2n) is 3.79. The molecule has 0 unspecified atom stereocenters. The second kappa shape index (κ2) is 5.50. The van der Waals surface area contributed by atoms with Gasteiger partial charge >= 0.3 is 0 Å². The van der Waals surface area contributed by atoms with Gasteiger partial charge in [-0.3, -0.25) is 0 Å². The zero-order chi connectivity index (χ0) is 13.1. The highest BCUT2D eigenvalue weighted by atomic mass is 35.5. The van der Waals surface area contributed by atoms with Crippen molar-refractivity contribution in [3.05, 3.63) is 52.1 Å². The Balaban J connectivity index is 2.18. The molecule has 3 nitrogen and oxygen atoms in total. The highest BCUT2D eigenvalue weighted by Crippen LogP contribution is 2.19. The number of rotatable bonds is 3. The molecule has 0 aliphatic heterocycles. The van der Waals surface area contributed by atoms with E-state index < -0.39 is 5.82 Å². The molecule has 6 heteroatoms. The molecule has 0 radical (unpaired) electrons. The predicted molar refractivity (Wildman–Crippen MR) is 70.6 cm³/mol. The summed E-state index contributed by atoms with van der Waals surface area (Å²) in [5.41, 5.74) is 0.996. The SMILES string of the molecule is CN(Cc1ccc(Cl)cc1)c1nc(Cl)ncc1F. The first-order valence-corrected chi connectivity index (χ1v) is 5.95. The lowest BCUT2D eigenvalue weighted by molar-refractivity contribution is 0.607. The van der Waals surface area contributed by atoms with E-state index in [2.05, 4.69) is 9.97 Å². The molecule has 0 bridgehead atoms. The molecule has 0 saturated heterocycles. The predicted octanol–water partition coefficient (Wildman–Crippen LogP) is 3.56. The van der Waals surface area contributed by atoms with Gasteiger partial charge < -0.3 is 4.90 Å². The topological polar surface area (TPSA) is 29.0 Å². The van der Waals surface area contributed by atoms with Crippen LogP contribution in [0.5, 0.6) is 0 Å². The van der Waals surface area contributed by atoms with Gasteiger partial charge in [0.1, 0.15) is 0 Å². The van der Waals surface area contributed by atoms with Gasteiger partial charge in [0.05, 0.1) is 6.20 Å². The summed E-state index contributed by atoms with van der Waals surface area (Å²) in [6.07, 6.45) is 1.06. The minimum absolute atomic E-state index is 0.0226. The van der Waals surface area contributed by atoms with Crippen LogP contribution in [0.4, 0.5) is 10.2 Å². The first-order valence-electron chi connectivity index (χ1n) is 5.20. The Kier molecular flexibility index (Phi) is 3.99. The van der Waals surface area contributed by atoms with E-state index in [0.717, 1.165) is 11.8 Å². The minimum atomic E-state index is -0.504. The molecule has 1 aromatic carbocycles. The molecule has 0 aliphatic rings. The molecule has 18 heavy (non-hydrogen) atoms. The molecular formula is C12H10Cl2FN3. The van der Waals surface area contributed by atoms with Gasteiger partial charge in [-0.1, -0.05) is 23.7 Å². The normalized spacial score (nSPS) is 10.4. The van der Waals surface area contributed by atoms with Gasteiger partial charge in [-0.15, -0.1) is 0 Å². The minimum Gasteiger partial charge on any atom is -0.353 e. The van der Waals surface area contributed by atoms with Gasteiger partial charge in [-0.25, -0.2) is 9.37 Å². The molecule has 2 rings (SSSR count). The van der Waals surface area contributed by atoms with Gasteiger partial charge in [0.15, 0.2) is 11.6 Å². The number of benzene rings is 1. The van der Waals surface area contributed by atoms with E-state index in [9.17, 15) is 4.39 Å². The van der Waals surface area contributed by atoms with Crippen LogP contribution in [0.2, 0.25) is 10.3 Å². The lowest BCUT2D eigenvalue weighted by Gasteiger charge is -2.18. The number of aromatic nitrogens is 2. The van der Waals surface area contributed by atoms with E-state index in [1.807, 2.05) is 12.1 Å². The van der Waals surface area contributed by atoms with E-state index in [0.29, 0.717) is 11.6 Å². The zero-order valence-electron chi connectivity index (χ0n) is 9.57. The third-order valence-electron chi connectivity index (χ3n) is 2.39. The summed E-state index contributed by atoms with van der Waals surface area (Å²) in [6, 6.07) is 7.32. The van der Waals surface area contributed by atoms with Crippen LogP contribution in [-0.2, 0) is 6.54 Å². The molecular weight excluding hydrogens is 276 g/mol. The van der Waals surface area contributed by atoms with Crippen LogP contribution in [0.25, 0.3) is 0 Å².